The number of hydrogen-bond acceptors (Lipinski definition) is 7. The number of rotatable bonds is 4. The molecule has 2 rings (SSSR count). The summed E-state index contributed by atoms with van der Waals surface area (Å²) in [4.78, 5) is 2.63. The van der Waals surface area contributed by atoms with Gasteiger partial charge in [0.25, 0.3) is 0 Å². The van der Waals surface area contributed by atoms with Crippen molar-refractivity contribution >= 4 is 5.69 Å². The van der Waals surface area contributed by atoms with Gasteiger partial charge in [0.05, 0.1) is 6.61 Å². The first-order chi connectivity index (χ1) is 10.1. The van der Waals surface area contributed by atoms with Crippen molar-refractivity contribution in [1.82, 2.24) is 0 Å². The molecule has 21 heavy (non-hydrogen) atoms. The van der Waals surface area contributed by atoms with Gasteiger partial charge in [-0.15, -0.1) is 0 Å². The second-order valence-corrected chi connectivity index (χ2v) is 4.50. The van der Waals surface area contributed by atoms with Gasteiger partial charge in [-0.05, 0) is 29.8 Å². The summed E-state index contributed by atoms with van der Waals surface area (Å²) in [5.41, 5.74) is 8.68. The molecule has 4 N–H and O–H groups in total. The fourth-order valence-corrected chi connectivity index (χ4v) is 1.94. The Hall–Kier alpha value is -1.87. The number of ether oxygens (including phenoxy) is 2. The zero-order chi connectivity index (χ0) is 15.4. The van der Waals surface area contributed by atoms with Crippen molar-refractivity contribution < 1.29 is 29.9 Å². The quantitative estimate of drug-likeness (QED) is 0.344. The zero-order valence-electron chi connectivity index (χ0n) is 10.9. The molecule has 0 spiro atoms. The second-order valence-electron chi connectivity index (χ2n) is 4.50. The number of hydrogen-bond donors (Lipinski definition) is 4. The van der Waals surface area contributed by atoms with Gasteiger partial charge in [0, 0.05) is 10.6 Å². The van der Waals surface area contributed by atoms with E-state index in [2.05, 4.69) is 10.0 Å². The molecule has 1 fully saturated rings. The molecule has 0 aromatic heterocycles. The fourth-order valence-electron chi connectivity index (χ4n) is 1.94. The van der Waals surface area contributed by atoms with Crippen LogP contribution in [0.2, 0.25) is 0 Å². The number of benzene rings is 1. The molecule has 1 aromatic rings. The van der Waals surface area contributed by atoms with Crippen molar-refractivity contribution in [3.8, 4) is 5.75 Å². The highest BCUT2D eigenvalue weighted by molar-refractivity contribution is 5.41. The van der Waals surface area contributed by atoms with Crippen LogP contribution < -0.4 is 4.74 Å². The average molecular weight is 297 g/mol. The van der Waals surface area contributed by atoms with E-state index in [1.165, 1.54) is 24.3 Å². The fraction of sp³-hybridized carbons (Fsp3) is 0.500. The van der Waals surface area contributed by atoms with Crippen molar-refractivity contribution in [1.29, 1.82) is 0 Å². The van der Waals surface area contributed by atoms with Gasteiger partial charge in [-0.1, -0.05) is 5.11 Å². The summed E-state index contributed by atoms with van der Waals surface area (Å²) < 4.78 is 10.6. The first kappa shape index (κ1) is 15.5. The van der Waals surface area contributed by atoms with Crippen LogP contribution in [-0.4, -0.2) is 57.7 Å². The third-order valence-electron chi connectivity index (χ3n) is 3.10. The van der Waals surface area contributed by atoms with Gasteiger partial charge in [0.1, 0.15) is 30.2 Å². The van der Waals surface area contributed by atoms with Crippen LogP contribution in [0, 0.1) is 0 Å². The Kier molecular flexibility index (Phi) is 4.97. The molecule has 9 nitrogen and oxygen atoms in total. The molecule has 0 bridgehead atoms. The minimum absolute atomic E-state index is 0.302. The Balaban J connectivity index is 2.08. The Morgan fingerprint density at radius 2 is 1.81 bits per heavy atom. The molecule has 0 radical (unpaired) electrons. The van der Waals surface area contributed by atoms with Crippen LogP contribution in [0.5, 0.6) is 5.75 Å². The summed E-state index contributed by atoms with van der Waals surface area (Å²) in [5.74, 6) is 0.302. The predicted octanol–water partition coefficient (Wildman–Crippen LogP) is -0.193. The monoisotopic (exact) mass is 297 g/mol. The molecule has 9 heteroatoms. The molecule has 0 aliphatic carbocycles. The van der Waals surface area contributed by atoms with Gasteiger partial charge in [0.2, 0.25) is 6.29 Å². The lowest BCUT2D eigenvalue weighted by Gasteiger charge is -2.39. The van der Waals surface area contributed by atoms with Crippen molar-refractivity contribution in [2.24, 2.45) is 5.11 Å². The van der Waals surface area contributed by atoms with Gasteiger partial charge in [-0.3, -0.25) is 0 Å². The van der Waals surface area contributed by atoms with Gasteiger partial charge in [-0.25, -0.2) is 0 Å². The van der Waals surface area contributed by atoms with Gasteiger partial charge < -0.3 is 29.9 Å². The molecule has 1 aliphatic rings. The number of aliphatic hydroxyl groups excluding tert-OH is 4. The van der Waals surface area contributed by atoms with Gasteiger partial charge in [0.15, 0.2) is 0 Å². The van der Waals surface area contributed by atoms with E-state index in [0.717, 1.165) is 0 Å². The molecule has 114 valence electrons. The van der Waals surface area contributed by atoms with Crippen molar-refractivity contribution in [3.05, 3.63) is 34.7 Å². The molecule has 0 unspecified atom stereocenters. The molecule has 0 amide bonds. The lowest BCUT2D eigenvalue weighted by atomic mass is 9.99. The molecule has 5 atom stereocenters. The normalized spacial score (nSPS) is 32.3. The minimum atomic E-state index is -1.50. The van der Waals surface area contributed by atoms with Crippen LogP contribution in [0.3, 0.4) is 0 Å². The van der Waals surface area contributed by atoms with E-state index in [1.54, 1.807) is 0 Å². The topological polar surface area (TPSA) is 148 Å². The number of aliphatic hydroxyl groups is 4. The Labute approximate surface area is 119 Å². The smallest absolute Gasteiger partial charge is 0.229 e. The van der Waals surface area contributed by atoms with E-state index in [9.17, 15) is 15.3 Å². The first-order valence-corrected chi connectivity index (χ1v) is 6.19. The van der Waals surface area contributed by atoms with E-state index >= 15 is 0 Å². The maximum Gasteiger partial charge on any atom is 0.229 e. The highest BCUT2D eigenvalue weighted by Gasteiger charge is 2.44. The molecule has 1 saturated heterocycles. The number of nitrogens with zero attached hydrogens (tertiary/aromatic N) is 3. The van der Waals surface area contributed by atoms with Crippen LogP contribution in [0.1, 0.15) is 0 Å². The van der Waals surface area contributed by atoms with Crippen LogP contribution in [-0.2, 0) is 4.74 Å². The van der Waals surface area contributed by atoms with E-state index in [1.807, 2.05) is 0 Å². The third kappa shape index (κ3) is 3.42. The Bertz CT molecular complexity index is 516. The van der Waals surface area contributed by atoms with Crippen LogP contribution in [0.25, 0.3) is 10.4 Å². The van der Waals surface area contributed by atoms with Crippen LogP contribution >= 0.6 is 0 Å². The zero-order valence-corrected chi connectivity index (χ0v) is 10.9. The third-order valence-corrected chi connectivity index (χ3v) is 3.10. The van der Waals surface area contributed by atoms with Crippen molar-refractivity contribution in [3.63, 3.8) is 0 Å². The largest absolute Gasteiger partial charge is 0.462 e. The summed E-state index contributed by atoms with van der Waals surface area (Å²) in [5, 5.41) is 41.5. The van der Waals surface area contributed by atoms with Crippen molar-refractivity contribution in [2.45, 2.75) is 30.7 Å². The number of azide groups is 1. The van der Waals surface area contributed by atoms with Gasteiger partial charge in [-0.2, -0.15) is 0 Å². The summed E-state index contributed by atoms with van der Waals surface area (Å²) in [6.07, 6.45) is -6.68. The van der Waals surface area contributed by atoms with Gasteiger partial charge >= 0.3 is 0 Å². The van der Waals surface area contributed by atoms with E-state index in [4.69, 9.17) is 20.1 Å². The molecule has 1 aliphatic heterocycles. The summed E-state index contributed by atoms with van der Waals surface area (Å²) >= 11 is 0. The lowest BCUT2D eigenvalue weighted by molar-refractivity contribution is -0.277. The Morgan fingerprint density at radius 3 is 2.38 bits per heavy atom. The standard InChI is InChI=1S/C12H15N3O6/c13-15-14-6-1-3-7(4-2-6)20-12-11(19)10(18)9(17)8(5-16)21-12/h1-4,8-12,16-19H,5H2/t8-,9-,10+,11+,12+/m1/s1. The summed E-state index contributed by atoms with van der Waals surface area (Å²) in [6, 6.07) is 5.98. The molecular weight excluding hydrogens is 282 g/mol. The van der Waals surface area contributed by atoms with E-state index in [0.29, 0.717) is 11.4 Å². The summed E-state index contributed by atoms with van der Waals surface area (Å²) in [6.45, 7) is -0.527. The maximum absolute atomic E-state index is 9.81. The second kappa shape index (κ2) is 6.72. The molecule has 0 saturated carbocycles. The molecule has 1 heterocycles. The van der Waals surface area contributed by atoms with Crippen LogP contribution in [0.15, 0.2) is 29.4 Å². The predicted molar refractivity (Wildman–Crippen MR) is 69.6 cm³/mol. The SMILES string of the molecule is [N-]=[N+]=Nc1ccc(O[C@H]2O[C@H](CO)[C@@H](O)[C@H](O)[C@@H]2O)cc1. The lowest BCUT2D eigenvalue weighted by Crippen LogP contribution is -2.60. The van der Waals surface area contributed by atoms with E-state index in [-0.39, 0.29) is 0 Å². The highest BCUT2D eigenvalue weighted by atomic mass is 16.7. The highest BCUT2D eigenvalue weighted by Crippen LogP contribution is 2.25. The Morgan fingerprint density at radius 1 is 1.14 bits per heavy atom. The maximum atomic E-state index is 9.81. The molecule has 1 aromatic carbocycles. The molecular formula is C12H15N3O6. The minimum Gasteiger partial charge on any atom is -0.462 e. The average Bonchev–Trinajstić information content (AvgIpc) is 2.50. The summed E-state index contributed by atoms with van der Waals surface area (Å²) in [7, 11) is 0. The van der Waals surface area contributed by atoms with Crippen LogP contribution in [0.4, 0.5) is 5.69 Å². The van der Waals surface area contributed by atoms with Crippen molar-refractivity contribution in [2.75, 3.05) is 6.61 Å². The van der Waals surface area contributed by atoms with E-state index < -0.39 is 37.3 Å². The first-order valence-electron chi connectivity index (χ1n) is 6.19.